The van der Waals surface area contributed by atoms with E-state index in [-0.39, 0.29) is 5.56 Å². The van der Waals surface area contributed by atoms with Crippen molar-refractivity contribution in [3.05, 3.63) is 26.4 Å². The topological polar surface area (TPSA) is 59.9 Å². The Morgan fingerprint density at radius 3 is 2.57 bits per heavy atom. The molecule has 5 nitrogen and oxygen atoms in total. The maximum absolute atomic E-state index is 13.9. The molecule has 21 heavy (non-hydrogen) atoms. The Balaban J connectivity index is 2.89. The van der Waals surface area contributed by atoms with Gasteiger partial charge in [-0.1, -0.05) is 0 Å². The zero-order chi connectivity index (χ0) is 16.2. The molecule has 0 aliphatic rings. The van der Waals surface area contributed by atoms with E-state index < -0.39 is 17.5 Å². The third-order valence-electron chi connectivity index (χ3n) is 2.12. The van der Waals surface area contributed by atoms with Crippen molar-refractivity contribution < 1.29 is 18.7 Å². The highest BCUT2D eigenvalue weighted by atomic mass is 79.9. The molecule has 1 N–H and O–H groups in total. The highest BCUT2D eigenvalue weighted by Crippen LogP contribution is 2.36. The summed E-state index contributed by atoms with van der Waals surface area (Å²) in [6, 6.07) is 1.25. The lowest BCUT2D eigenvalue weighted by Gasteiger charge is -2.18. The van der Waals surface area contributed by atoms with E-state index in [0.717, 1.165) is 6.21 Å². The molecule has 1 aromatic carbocycles. The summed E-state index contributed by atoms with van der Waals surface area (Å²) in [5.41, 5.74) is 1.67. The monoisotopic (exact) mass is 424 g/mol. The summed E-state index contributed by atoms with van der Waals surface area (Å²) in [6.45, 7) is 5.18. The molecule has 0 radical (unpaired) electrons. The normalized spacial score (nSPS) is 11.6. The van der Waals surface area contributed by atoms with Crippen molar-refractivity contribution in [3.63, 3.8) is 0 Å². The molecule has 0 saturated carbocycles. The van der Waals surface area contributed by atoms with E-state index in [9.17, 15) is 9.18 Å². The number of ether oxygens (including phenoxy) is 2. The molecule has 8 heteroatoms. The lowest BCUT2D eigenvalue weighted by atomic mass is 10.2. The van der Waals surface area contributed by atoms with Gasteiger partial charge in [-0.3, -0.25) is 0 Å². The van der Waals surface area contributed by atoms with Crippen LogP contribution in [0.25, 0.3) is 0 Å². The van der Waals surface area contributed by atoms with E-state index in [1.807, 2.05) is 0 Å². The molecule has 0 saturated heterocycles. The molecular formula is C13H15Br2FN2O3. The number of hydrogen-bond acceptors (Lipinski definition) is 4. The summed E-state index contributed by atoms with van der Waals surface area (Å²) in [5.74, 6) is -0.0978. The summed E-state index contributed by atoms with van der Waals surface area (Å²) in [5, 5.41) is 3.66. The minimum absolute atomic E-state index is 0.145. The van der Waals surface area contributed by atoms with Crippen LogP contribution >= 0.6 is 31.9 Å². The fourth-order valence-corrected chi connectivity index (χ4v) is 2.84. The van der Waals surface area contributed by atoms with E-state index in [2.05, 4.69) is 42.4 Å². The average Bonchev–Trinajstić information content (AvgIpc) is 2.31. The van der Waals surface area contributed by atoms with Crippen molar-refractivity contribution >= 4 is 44.2 Å². The molecule has 0 heterocycles. The molecule has 116 valence electrons. The van der Waals surface area contributed by atoms with Gasteiger partial charge in [-0.2, -0.15) is 5.10 Å². The Labute approximate surface area is 139 Å². The molecule has 1 rings (SSSR count). The molecule has 1 aromatic rings. The van der Waals surface area contributed by atoms with Crippen molar-refractivity contribution in [1.29, 1.82) is 0 Å². The Hall–Kier alpha value is -1.15. The first-order valence-electron chi connectivity index (χ1n) is 5.89. The van der Waals surface area contributed by atoms with E-state index in [1.54, 1.807) is 20.8 Å². The quantitative estimate of drug-likeness (QED) is 0.582. The number of rotatable bonds is 3. The smallest absolute Gasteiger partial charge is 0.428 e. The SMILES string of the molecule is COc1c(Br)cc(F)c(/C=N/NC(=O)OC(C)(C)C)c1Br. The van der Waals surface area contributed by atoms with Crippen LogP contribution in [0.1, 0.15) is 26.3 Å². The third kappa shape index (κ3) is 5.28. The van der Waals surface area contributed by atoms with Gasteiger partial charge in [0.05, 0.1) is 22.3 Å². The lowest BCUT2D eigenvalue weighted by Crippen LogP contribution is -2.29. The maximum Gasteiger partial charge on any atom is 0.428 e. The lowest BCUT2D eigenvalue weighted by molar-refractivity contribution is 0.0529. The van der Waals surface area contributed by atoms with Crippen molar-refractivity contribution in [2.24, 2.45) is 5.10 Å². The second kappa shape index (κ2) is 7.22. The molecule has 0 aliphatic carbocycles. The van der Waals surface area contributed by atoms with Gasteiger partial charge in [-0.25, -0.2) is 14.6 Å². The van der Waals surface area contributed by atoms with Crippen molar-refractivity contribution in [2.75, 3.05) is 7.11 Å². The Bertz CT molecular complexity index is 572. The summed E-state index contributed by atoms with van der Waals surface area (Å²) >= 11 is 6.42. The first-order chi connectivity index (χ1) is 9.65. The number of amides is 1. The van der Waals surface area contributed by atoms with Gasteiger partial charge in [0.15, 0.2) is 0 Å². The van der Waals surface area contributed by atoms with Gasteiger partial charge in [0.25, 0.3) is 0 Å². The molecule has 0 unspecified atom stereocenters. The van der Waals surface area contributed by atoms with Crippen LogP contribution in [0.5, 0.6) is 5.75 Å². The molecule has 0 bridgehead atoms. The van der Waals surface area contributed by atoms with Gasteiger partial charge >= 0.3 is 6.09 Å². The fourth-order valence-electron chi connectivity index (χ4n) is 1.34. The van der Waals surface area contributed by atoms with E-state index in [4.69, 9.17) is 9.47 Å². The van der Waals surface area contributed by atoms with Crippen LogP contribution in [0.2, 0.25) is 0 Å². The number of benzene rings is 1. The first-order valence-corrected chi connectivity index (χ1v) is 7.48. The second-order valence-corrected chi connectivity index (χ2v) is 6.62. The third-order valence-corrected chi connectivity index (χ3v) is 3.49. The fraction of sp³-hybridized carbons (Fsp3) is 0.385. The number of nitrogens with one attached hydrogen (secondary N) is 1. The molecule has 0 fully saturated rings. The molecule has 0 aromatic heterocycles. The zero-order valence-corrected chi connectivity index (χ0v) is 15.1. The van der Waals surface area contributed by atoms with Gasteiger partial charge in [0.1, 0.15) is 17.2 Å². The molecule has 0 aliphatic heterocycles. The van der Waals surface area contributed by atoms with Gasteiger partial charge in [0, 0.05) is 5.56 Å². The second-order valence-electron chi connectivity index (χ2n) is 4.97. The predicted octanol–water partition coefficient (Wildman–Crippen LogP) is 4.22. The van der Waals surface area contributed by atoms with Gasteiger partial charge in [-0.15, -0.1) is 0 Å². The number of carbonyl (C=O) groups excluding carboxylic acids is 1. The minimum Gasteiger partial charge on any atom is -0.494 e. The van der Waals surface area contributed by atoms with Crippen LogP contribution in [0, 0.1) is 5.82 Å². The van der Waals surface area contributed by atoms with Crippen LogP contribution in [0.3, 0.4) is 0 Å². The standard InChI is InChI=1S/C13H15Br2FN2O3/c1-13(2,3)21-12(19)18-17-6-7-9(16)5-8(14)11(20-4)10(7)15/h5-6H,1-4H3,(H,18,19)/b17-6+. The summed E-state index contributed by atoms with van der Waals surface area (Å²) in [6.07, 6.45) is 0.442. The number of nitrogens with zero attached hydrogens (tertiary/aromatic N) is 1. The Morgan fingerprint density at radius 1 is 1.43 bits per heavy atom. The number of halogens is 3. The van der Waals surface area contributed by atoms with E-state index in [0.29, 0.717) is 14.7 Å². The predicted molar refractivity (Wildman–Crippen MR) is 85.3 cm³/mol. The van der Waals surface area contributed by atoms with E-state index >= 15 is 0 Å². The van der Waals surface area contributed by atoms with Crippen LogP contribution in [-0.2, 0) is 4.74 Å². The van der Waals surface area contributed by atoms with Crippen LogP contribution < -0.4 is 10.2 Å². The van der Waals surface area contributed by atoms with Crippen LogP contribution in [0.4, 0.5) is 9.18 Å². The first kappa shape index (κ1) is 17.9. The molecular weight excluding hydrogens is 411 g/mol. The largest absolute Gasteiger partial charge is 0.494 e. The van der Waals surface area contributed by atoms with Gasteiger partial charge < -0.3 is 9.47 Å². The number of hydrogen-bond donors (Lipinski definition) is 1. The van der Waals surface area contributed by atoms with Gasteiger partial charge in [-0.05, 0) is 58.7 Å². The van der Waals surface area contributed by atoms with Crippen molar-refractivity contribution in [1.82, 2.24) is 5.43 Å². The van der Waals surface area contributed by atoms with E-state index in [1.165, 1.54) is 13.2 Å². The van der Waals surface area contributed by atoms with Crippen molar-refractivity contribution in [2.45, 2.75) is 26.4 Å². The average molecular weight is 426 g/mol. The minimum atomic E-state index is -0.723. The summed E-state index contributed by atoms with van der Waals surface area (Å²) < 4.78 is 24.8. The molecule has 0 spiro atoms. The number of carbonyl (C=O) groups is 1. The van der Waals surface area contributed by atoms with Gasteiger partial charge in [0.2, 0.25) is 0 Å². The number of hydrazone groups is 1. The molecule has 1 amide bonds. The highest BCUT2D eigenvalue weighted by molar-refractivity contribution is 9.11. The summed E-state index contributed by atoms with van der Waals surface area (Å²) in [4.78, 5) is 11.4. The van der Waals surface area contributed by atoms with Crippen LogP contribution in [0.15, 0.2) is 20.1 Å². The van der Waals surface area contributed by atoms with Crippen LogP contribution in [-0.4, -0.2) is 25.0 Å². The summed E-state index contributed by atoms with van der Waals surface area (Å²) in [7, 11) is 1.46. The number of methoxy groups -OCH3 is 1. The maximum atomic E-state index is 13.9. The Morgan fingerprint density at radius 2 is 2.05 bits per heavy atom. The Kier molecular flexibility index (Phi) is 6.15. The zero-order valence-electron chi connectivity index (χ0n) is 12.0. The van der Waals surface area contributed by atoms with Crippen molar-refractivity contribution in [3.8, 4) is 5.75 Å². The molecule has 0 atom stereocenters. The highest BCUT2D eigenvalue weighted by Gasteiger charge is 2.17.